The minimum Gasteiger partial charge on any atom is -0.431 e. The van der Waals surface area contributed by atoms with E-state index in [9.17, 15) is 4.79 Å². The number of hydrogen-bond acceptors (Lipinski definition) is 4. The van der Waals surface area contributed by atoms with Crippen LogP contribution in [0.3, 0.4) is 0 Å². The van der Waals surface area contributed by atoms with Crippen LogP contribution in [0.2, 0.25) is 0 Å². The first-order chi connectivity index (χ1) is 9.97. The third-order valence-corrected chi connectivity index (χ3v) is 6.34. The smallest absolute Gasteiger partial charge is 0.314 e. The molecule has 4 atom stereocenters. The lowest BCUT2D eigenvalue weighted by Gasteiger charge is -2.51. The van der Waals surface area contributed by atoms with Crippen molar-refractivity contribution in [3.05, 3.63) is 11.3 Å². The zero-order chi connectivity index (χ0) is 14.8. The number of carbonyl (C=O) groups is 1. The summed E-state index contributed by atoms with van der Waals surface area (Å²) in [6.45, 7) is 7.84. The van der Waals surface area contributed by atoms with Crippen molar-refractivity contribution in [2.75, 3.05) is 13.2 Å². The Hall–Kier alpha value is -0.870. The van der Waals surface area contributed by atoms with E-state index < -0.39 is 5.79 Å². The Balaban J connectivity index is 1.82. The molecule has 0 amide bonds. The van der Waals surface area contributed by atoms with E-state index in [1.165, 1.54) is 5.57 Å². The summed E-state index contributed by atoms with van der Waals surface area (Å²) in [7, 11) is 0. The van der Waals surface area contributed by atoms with E-state index in [2.05, 4.69) is 13.8 Å². The van der Waals surface area contributed by atoms with Gasteiger partial charge in [-0.05, 0) is 30.3 Å². The zero-order valence-electron chi connectivity index (χ0n) is 13.1. The van der Waals surface area contributed by atoms with Crippen LogP contribution in [0.1, 0.15) is 46.5 Å². The molecule has 1 saturated carbocycles. The average molecular weight is 292 g/mol. The summed E-state index contributed by atoms with van der Waals surface area (Å²) in [5.41, 5.74) is 1.43. The fraction of sp³-hybridized carbons (Fsp3) is 0.824. The van der Waals surface area contributed by atoms with Crippen molar-refractivity contribution in [1.29, 1.82) is 0 Å². The standard InChI is InChI=1S/C17H24O4/c1-10-12-4-5-16(3)6-7-17(19-8-9-20-17)11(2)13(16)14(12)21-15(10)18/h10-12H,4-9H2,1-3H3. The Morgan fingerprint density at radius 3 is 2.52 bits per heavy atom. The first-order valence-corrected chi connectivity index (χ1v) is 8.21. The quantitative estimate of drug-likeness (QED) is 0.644. The highest BCUT2D eigenvalue weighted by Crippen LogP contribution is 2.60. The van der Waals surface area contributed by atoms with E-state index in [0.717, 1.165) is 31.4 Å². The number of hydrogen-bond donors (Lipinski definition) is 0. The third-order valence-electron chi connectivity index (χ3n) is 6.34. The maximum atomic E-state index is 12.0. The van der Waals surface area contributed by atoms with E-state index in [0.29, 0.717) is 13.2 Å². The molecule has 2 aliphatic carbocycles. The summed E-state index contributed by atoms with van der Waals surface area (Å²) in [5.74, 6) is 0.822. The Morgan fingerprint density at radius 1 is 1.10 bits per heavy atom. The van der Waals surface area contributed by atoms with Crippen molar-refractivity contribution in [2.24, 2.45) is 23.2 Å². The molecule has 4 aliphatic rings. The van der Waals surface area contributed by atoms with Crippen molar-refractivity contribution >= 4 is 5.97 Å². The molecule has 3 fully saturated rings. The molecule has 0 radical (unpaired) electrons. The van der Waals surface area contributed by atoms with Gasteiger partial charge in [0, 0.05) is 18.3 Å². The number of ether oxygens (including phenoxy) is 3. The molecule has 0 aromatic carbocycles. The maximum absolute atomic E-state index is 12.0. The molecule has 4 heteroatoms. The van der Waals surface area contributed by atoms with Gasteiger partial charge in [-0.15, -0.1) is 0 Å². The number of rotatable bonds is 0. The lowest BCUT2D eigenvalue weighted by Crippen LogP contribution is -2.49. The minimum absolute atomic E-state index is 0.00691. The van der Waals surface area contributed by atoms with Gasteiger partial charge in [0.1, 0.15) is 5.76 Å². The van der Waals surface area contributed by atoms with Crippen molar-refractivity contribution in [1.82, 2.24) is 0 Å². The molecule has 4 nitrogen and oxygen atoms in total. The van der Waals surface area contributed by atoms with Crippen molar-refractivity contribution < 1.29 is 19.0 Å². The van der Waals surface area contributed by atoms with Crippen LogP contribution in [0.5, 0.6) is 0 Å². The molecule has 116 valence electrons. The summed E-state index contributed by atoms with van der Waals surface area (Å²) >= 11 is 0. The molecule has 0 bridgehead atoms. The van der Waals surface area contributed by atoms with Crippen LogP contribution >= 0.6 is 0 Å². The lowest BCUT2D eigenvalue weighted by molar-refractivity contribution is -0.207. The monoisotopic (exact) mass is 292 g/mol. The topological polar surface area (TPSA) is 44.8 Å². The van der Waals surface area contributed by atoms with E-state index in [4.69, 9.17) is 14.2 Å². The van der Waals surface area contributed by atoms with E-state index in [-0.39, 0.29) is 29.1 Å². The van der Waals surface area contributed by atoms with Crippen molar-refractivity contribution in [3.63, 3.8) is 0 Å². The zero-order valence-corrected chi connectivity index (χ0v) is 13.1. The molecule has 2 aliphatic heterocycles. The summed E-state index contributed by atoms with van der Waals surface area (Å²) in [4.78, 5) is 12.0. The molecular weight excluding hydrogens is 268 g/mol. The van der Waals surface area contributed by atoms with Crippen LogP contribution in [-0.4, -0.2) is 25.0 Å². The Bertz CT molecular complexity index is 517. The molecule has 1 spiro atoms. The van der Waals surface area contributed by atoms with Crippen molar-refractivity contribution in [2.45, 2.75) is 52.2 Å². The molecule has 2 saturated heterocycles. The Labute approximate surface area is 125 Å². The second-order valence-corrected chi connectivity index (χ2v) is 7.42. The van der Waals surface area contributed by atoms with E-state index in [1.54, 1.807) is 0 Å². The molecule has 0 aromatic heterocycles. The van der Waals surface area contributed by atoms with Crippen LogP contribution in [0, 0.1) is 23.2 Å². The fourth-order valence-electron chi connectivity index (χ4n) is 4.96. The largest absolute Gasteiger partial charge is 0.431 e. The van der Waals surface area contributed by atoms with Crippen LogP contribution in [0.15, 0.2) is 11.3 Å². The van der Waals surface area contributed by atoms with Crippen LogP contribution in [0.25, 0.3) is 0 Å². The van der Waals surface area contributed by atoms with Gasteiger partial charge in [0.15, 0.2) is 5.79 Å². The maximum Gasteiger partial charge on any atom is 0.314 e. The second-order valence-electron chi connectivity index (χ2n) is 7.42. The van der Waals surface area contributed by atoms with Gasteiger partial charge >= 0.3 is 5.97 Å². The van der Waals surface area contributed by atoms with Gasteiger partial charge in [0.2, 0.25) is 0 Å². The molecular formula is C17H24O4. The van der Waals surface area contributed by atoms with Gasteiger partial charge in [-0.2, -0.15) is 0 Å². The Kier molecular flexibility index (Phi) is 2.84. The number of esters is 1. The first-order valence-electron chi connectivity index (χ1n) is 8.21. The molecule has 4 unspecified atom stereocenters. The van der Waals surface area contributed by atoms with Crippen LogP contribution in [-0.2, 0) is 19.0 Å². The van der Waals surface area contributed by atoms with E-state index >= 15 is 0 Å². The minimum atomic E-state index is -0.484. The van der Waals surface area contributed by atoms with Gasteiger partial charge in [-0.1, -0.05) is 20.8 Å². The highest BCUT2D eigenvalue weighted by atomic mass is 16.7. The summed E-state index contributed by atoms with van der Waals surface area (Å²) < 4.78 is 17.7. The van der Waals surface area contributed by atoms with Crippen molar-refractivity contribution in [3.8, 4) is 0 Å². The summed E-state index contributed by atoms with van der Waals surface area (Å²) in [6, 6.07) is 0. The molecule has 4 rings (SSSR count). The molecule has 0 aromatic rings. The van der Waals surface area contributed by atoms with Gasteiger partial charge in [-0.25, -0.2) is 0 Å². The fourth-order valence-corrected chi connectivity index (χ4v) is 4.96. The lowest BCUT2D eigenvalue weighted by atomic mass is 9.58. The molecule has 0 N–H and O–H groups in total. The first kappa shape index (κ1) is 13.8. The van der Waals surface area contributed by atoms with E-state index in [1.807, 2.05) is 6.92 Å². The molecule has 21 heavy (non-hydrogen) atoms. The third kappa shape index (κ3) is 1.72. The predicted octanol–water partition coefficient (Wildman–Crippen LogP) is 3.02. The van der Waals surface area contributed by atoms with Gasteiger partial charge in [0.05, 0.1) is 19.1 Å². The highest BCUT2D eigenvalue weighted by molar-refractivity contribution is 5.77. The molecule has 2 heterocycles. The summed E-state index contributed by atoms with van der Waals surface area (Å²) in [6.07, 6.45) is 4.19. The van der Waals surface area contributed by atoms with Crippen LogP contribution in [0.4, 0.5) is 0 Å². The van der Waals surface area contributed by atoms with Gasteiger partial charge in [-0.3, -0.25) is 4.79 Å². The highest BCUT2D eigenvalue weighted by Gasteiger charge is 2.57. The average Bonchev–Trinajstić information content (AvgIpc) is 3.03. The SMILES string of the molecule is CC1C(=O)OC2=C3C(C)C4(CCC3(C)CCC21)OCCO4. The Morgan fingerprint density at radius 2 is 1.81 bits per heavy atom. The normalized spacial score (nSPS) is 44.7. The second kappa shape index (κ2) is 4.32. The van der Waals surface area contributed by atoms with Gasteiger partial charge in [0.25, 0.3) is 0 Å². The van der Waals surface area contributed by atoms with Crippen LogP contribution < -0.4 is 0 Å². The number of carbonyl (C=O) groups excluding carboxylic acids is 1. The van der Waals surface area contributed by atoms with Gasteiger partial charge < -0.3 is 14.2 Å². The predicted molar refractivity (Wildman–Crippen MR) is 76.1 cm³/mol. The summed E-state index contributed by atoms with van der Waals surface area (Å²) in [5, 5.41) is 0. The number of fused-ring (bicyclic) bond motifs is 2. The number of allylic oxidation sites excluding steroid dienone is 1.